The second-order valence-electron chi connectivity index (χ2n) is 4.95. The van der Waals surface area contributed by atoms with Gasteiger partial charge in [0.15, 0.2) is 10.4 Å². The van der Waals surface area contributed by atoms with Crippen LogP contribution in [0.5, 0.6) is 5.75 Å². The molecule has 0 saturated carbocycles. The highest BCUT2D eigenvalue weighted by atomic mass is 32.2. The number of hydrogen-bond acceptors (Lipinski definition) is 8. The van der Waals surface area contributed by atoms with E-state index in [0.717, 1.165) is 12.0 Å². The Labute approximate surface area is 154 Å². The molecule has 2 rings (SSSR count). The molecule has 9 heteroatoms. The summed E-state index contributed by atoms with van der Waals surface area (Å²) in [7, 11) is 1.33. The number of aryl methyl sites for hydroxylation is 1. The molecular weight excluding hydrogens is 362 g/mol. The zero-order chi connectivity index (χ0) is 18.2. The predicted octanol–water partition coefficient (Wildman–Crippen LogP) is 2.77. The van der Waals surface area contributed by atoms with Gasteiger partial charge >= 0.3 is 5.97 Å². The molecule has 0 aliphatic carbocycles. The van der Waals surface area contributed by atoms with Crippen LogP contribution in [0, 0.1) is 0 Å². The van der Waals surface area contributed by atoms with Crippen LogP contribution in [0.2, 0.25) is 0 Å². The van der Waals surface area contributed by atoms with Crippen LogP contribution in [0.4, 0.5) is 5.13 Å². The molecule has 2 aromatic rings. The number of para-hydroxylation sites is 1. The first-order valence-corrected chi connectivity index (χ1v) is 9.42. The van der Waals surface area contributed by atoms with Gasteiger partial charge in [0.05, 0.1) is 12.9 Å². The first-order chi connectivity index (χ1) is 12.0. The van der Waals surface area contributed by atoms with Gasteiger partial charge in [-0.1, -0.05) is 48.2 Å². The number of carbonyl (C=O) groups is 2. The molecule has 1 atom stereocenters. The van der Waals surface area contributed by atoms with Gasteiger partial charge in [-0.2, -0.15) is 0 Å². The number of methoxy groups -OCH3 is 1. The molecule has 134 valence electrons. The maximum atomic E-state index is 12.3. The summed E-state index contributed by atoms with van der Waals surface area (Å²) in [5.41, 5.74) is 1.04. The van der Waals surface area contributed by atoms with Crippen molar-refractivity contribution in [2.24, 2.45) is 0 Å². The lowest BCUT2D eigenvalue weighted by atomic mass is 10.1. The number of nitrogens with one attached hydrogen (secondary N) is 1. The zero-order valence-corrected chi connectivity index (χ0v) is 15.8. The molecule has 0 radical (unpaired) electrons. The fraction of sp³-hybridized carbons (Fsp3) is 0.375. The number of anilines is 1. The van der Waals surface area contributed by atoms with Gasteiger partial charge < -0.3 is 9.47 Å². The minimum absolute atomic E-state index is 0.145. The number of carbonyl (C=O) groups excluding carboxylic acids is 2. The van der Waals surface area contributed by atoms with E-state index in [0.29, 0.717) is 15.2 Å². The van der Waals surface area contributed by atoms with Crippen molar-refractivity contribution in [3.8, 4) is 5.75 Å². The normalized spacial score (nSPS) is 11.6. The molecule has 0 bridgehead atoms. The summed E-state index contributed by atoms with van der Waals surface area (Å²) in [5, 5.41) is 10.8. The molecule has 1 aromatic heterocycles. The lowest BCUT2D eigenvalue weighted by Gasteiger charge is -2.15. The van der Waals surface area contributed by atoms with Crippen molar-refractivity contribution >= 4 is 40.1 Å². The van der Waals surface area contributed by atoms with Crippen molar-refractivity contribution in [2.45, 2.75) is 30.7 Å². The maximum Gasteiger partial charge on any atom is 0.316 e. The van der Waals surface area contributed by atoms with Crippen LogP contribution >= 0.6 is 23.1 Å². The molecule has 0 aliphatic rings. The van der Waals surface area contributed by atoms with Gasteiger partial charge in [-0.25, -0.2) is 0 Å². The van der Waals surface area contributed by atoms with Crippen LogP contribution in [0.1, 0.15) is 19.4 Å². The molecule has 1 aromatic carbocycles. The van der Waals surface area contributed by atoms with E-state index in [4.69, 9.17) is 4.74 Å². The van der Waals surface area contributed by atoms with E-state index >= 15 is 0 Å². The van der Waals surface area contributed by atoms with E-state index in [1.807, 2.05) is 31.2 Å². The molecule has 25 heavy (non-hydrogen) atoms. The van der Waals surface area contributed by atoms with E-state index in [9.17, 15) is 9.59 Å². The summed E-state index contributed by atoms with van der Waals surface area (Å²) in [4.78, 5) is 23.4. The Morgan fingerprint density at radius 3 is 2.80 bits per heavy atom. The molecule has 0 spiro atoms. The van der Waals surface area contributed by atoms with Crippen LogP contribution in [0.25, 0.3) is 0 Å². The third kappa shape index (κ3) is 5.71. The quantitative estimate of drug-likeness (QED) is 0.427. The Bertz CT molecular complexity index is 736. The number of thioether (sulfide) groups is 1. The molecule has 0 aliphatic heterocycles. The Morgan fingerprint density at radius 1 is 1.32 bits per heavy atom. The number of hydrogen-bond donors (Lipinski definition) is 1. The first-order valence-electron chi connectivity index (χ1n) is 7.62. The minimum Gasteiger partial charge on any atom is -0.481 e. The van der Waals surface area contributed by atoms with E-state index in [2.05, 4.69) is 20.3 Å². The van der Waals surface area contributed by atoms with Crippen molar-refractivity contribution in [1.29, 1.82) is 0 Å². The average Bonchev–Trinajstić information content (AvgIpc) is 3.07. The predicted molar refractivity (Wildman–Crippen MR) is 97.2 cm³/mol. The van der Waals surface area contributed by atoms with Crippen molar-refractivity contribution in [3.63, 3.8) is 0 Å². The number of esters is 1. The van der Waals surface area contributed by atoms with Crippen LogP contribution in [-0.2, 0) is 20.7 Å². The lowest BCUT2D eigenvalue weighted by molar-refractivity contribution is -0.137. The number of ether oxygens (including phenoxy) is 2. The smallest absolute Gasteiger partial charge is 0.316 e. The number of benzene rings is 1. The number of aromatic nitrogens is 2. The summed E-state index contributed by atoms with van der Waals surface area (Å²) in [6, 6.07) is 7.62. The van der Waals surface area contributed by atoms with Gasteiger partial charge in [-0.05, 0) is 25.0 Å². The number of rotatable bonds is 8. The van der Waals surface area contributed by atoms with Crippen molar-refractivity contribution in [1.82, 2.24) is 10.2 Å². The van der Waals surface area contributed by atoms with Crippen LogP contribution in [-0.4, -0.2) is 41.0 Å². The topological polar surface area (TPSA) is 90.4 Å². The SMILES string of the molecule is CCc1ccccc1O[C@@H](C)C(=O)Nc1nnc(SCC(=O)OC)s1. The number of nitrogens with zero attached hydrogens (tertiary/aromatic N) is 2. The molecule has 0 unspecified atom stereocenters. The van der Waals surface area contributed by atoms with Crippen molar-refractivity contribution < 1.29 is 19.1 Å². The second-order valence-corrected chi connectivity index (χ2v) is 7.15. The first kappa shape index (κ1) is 19.2. The largest absolute Gasteiger partial charge is 0.481 e. The van der Waals surface area contributed by atoms with Crippen molar-refractivity contribution in [3.05, 3.63) is 29.8 Å². The molecular formula is C16H19N3O4S2. The Morgan fingerprint density at radius 2 is 2.08 bits per heavy atom. The maximum absolute atomic E-state index is 12.3. The highest BCUT2D eigenvalue weighted by Gasteiger charge is 2.18. The molecule has 0 fully saturated rings. The fourth-order valence-electron chi connectivity index (χ4n) is 1.86. The highest BCUT2D eigenvalue weighted by molar-refractivity contribution is 8.01. The molecule has 0 saturated heterocycles. The second kappa shape index (κ2) is 9.38. The average molecular weight is 381 g/mol. The van der Waals surface area contributed by atoms with Gasteiger partial charge in [0.2, 0.25) is 5.13 Å². The Kier molecular flexibility index (Phi) is 7.20. The summed E-state index contributed by atoms with van der Waals surface area (Å²) >= 11 is 2.40. The van der Waals surface area contributed by atoms with E-state index in [1.54, 1.807) is 6.92 Å². The third-order valence-electron chi connectivity index (χ3n) is 3.20. The van der Waals surface area contributed by atoms with Crippen LogP contribution < -0.4 is 10.1 Å². The van der Waals surface area contributed by atoms with Crippen molar-refractivity contribution in [2.75, 3.05) is 18.2 Å². The Hall–Kier alpha value is -2.13. The van der Waals surface area contributed by atoms with E-state index < -0.39 is 6.10 Å². The summed E-state index contributed by atoms with van der Waals surface area (Å²) in [5.74, 6) is 0.181. The van der Waals surface area contributed by atoms with Crippen LogP contribution in [0.3, 0.4) is 0 Å². The van der Waals surface area contributed by atoms with Gasteiger partial charge in [-0.15, -0.1) is 10.2 Å². The number of amides is 1. The van der Waals surface area contributed by atoms with E-state index in [1.165, 1.54) is 30.2 Å². The van der Waals surface area contributed by atoms with Gasteiger partial charge in [-0.3, -0.25) is 14.9 Å². The molecule has 1 amide bonds. The standard InChI is InChI=1S/C16H19N3O4S2/c1-4-11-7-5-6-8-12(11)23-10(2)14(21)17-15-18-19-16(25-15)24-9-13(20)22-3/h5-8,10H,4,9H2,1-3H3,(H,17,18,21)/t10-/m0/s1. The summed E-state index contributed by atoms with van der Waals surface area (Å²) in [6.45, 7) is 3.71. The minimum atomic E-state index is -0.678. The lowest BCUT2D eigenvalue weighted by Crippen LogP contribution is -2.30. The molecule has 1 heterocycles. The fourth-order valence-corrected chi connectivity index (χ4v) is 3.45. The summed E-state index contributed by atoms with van der Waals surface area (Å²) in [6.07, 6.45) is 0.143. The summed E-state index contributed by atoms with van der Waals surface area (Å²) < 4.78 is 10.9. The Balaban J connectivity index is 1.90. The molecule has 7 nitrogen and oxygen atoms in total. The third-order valence-corrected chi connectivity index (χ3v) is 5.15. The van der Waals surface area contributed by atoms with Gasteiger partial charge in [0, 0.05) is 0 Å². The zero-order valence-electron chi connectivity index (χ0n) is 14.1. The van der Waals surface area contributed by atoms with Gasteiger partial charge in [0.25, 0.3) is 5.91 Å². The highest BCUT2D eigenvalue weighted by Crippen LogP contribution is 2.26. The van der Waals surface area contributed by atoms with Gasteiger partial charge in [0.1, 0.15) is 5.75 Å². The van der Waals surface area contributed by atoms with E-state index in [-0.39, 0.29) is 17.6 Å². The monoisotopic (exact) mass is 381 g/mol. The molecule has 1 N–H and O–H groups in total. The van der Waals surface area contributed by atoms with Crippen LogP contribution in [0.15, 0.2) is 28.6 Å².